The molecule has 0 saturated carbocycles. The van der Waals surface area contributed by atoms with Gasteiger partial charge in [0.15, 0.2) is 5.84 Å². The number of phenols is 1. The van der Waals surface area contributed by atoms with E-state index in [1.165, 1.54) is 0 Å². The molecule has 0 bridgehead atoms. The van der Waals surface area contributed by atoms with E-state index in [1.54, 1.807) is 30.3 Å². The van der Waals surface area contributed by atoms with E-state index in [0.717, 1.165) is 5.56 Å². The first-order valence-electron chi connectivity index (χ1n) is 5.60. The normalized spacial score (nSPS) is 11.3. The Kier molecular flexibility index (Phi) is 3.53. The van der Waals surface area contributed by atoms with Crippen LogP contribution < -0.4 is 22.8 Å². The molecule has 0 saturated heterocycles. The molecule has 0 atom stereocenters. The largest absolute Gasteiger partial charge is 0.505 e. The van der Waals surface area contributed by atoms with Gasteiger partial charge < -0.3 is 22.1 Å². The van der Waals surface area contributed by atoms with Gasteiger partial charge in [-0.05, 0) is 17.7 Å². The number of amidine groups is 1. The first-order valence-corrected chi connectivity index (χ1v) is 5.60. The highest BCUT2D eigenvalue weighted by atomic mass is 16.3. The highest BCUT2D eigenvalue weighted by molar-refractivity contribution is 5.99. The summed E-state index contributed by atoms with van der Waals surface area (Å²) in [5, 5.41) is 13.5. The molecule has 0 aliphatic carbocycles. The Balaban J connectivity index is 2.52. The Morgan fingerprint density at radius 3 is 2.58 bits per heavy atom. The molecule has 8 N–H and O–H groups in total. The molecule has 0 aromatic heterocycles. The lowest BCUT2D eigenvalue weighted by atomic mass is 10.0. The maximum atomic E-state index is 9.97. The van der Waals surface area contributed by atoms with Gasteiger partial charge in [-0.15, -0.1) is 0 Å². The highest BCUT2D eigenvalue weighted by Crippen LogP contribution is 2.33. The Hall–Kier alpha value is -2.73. The van der Waals surface area contributed by atoms with Gasteiger partial charge in [-0.25, -0.2) is 5.84 Å². The molecule has 0 fully saturated rings. The van der Waals surface area contributed by atoms with E-state index in [0.29, 0.717) is 22.6 Å². The third-order valence-electron chi connectivity index (χ3n) is 2.78. The average molecular weight is 257 g/mol. The van der Waals surface area contributed by atoms with Crippen LogP contribution in [0.15, 0.2) is 47.6 Å². The van der Waals surface area contributed by atoms with Crippen LogP contribution in [0.3, 0.4) is 0 Å². The molecule has 6 nitrogen and oxygen atoms in total. The third-order valence-corrected chi connectivity index (χ3v) is 2.78. The number of benzene rings is 2. The summed E-state index contributed by atoms with van der Waals surface area (Å²) in [5.74, 6) is 11.0. The molecule has 98 valence electrons. The van der Waals surface area contributed by atoms with Gasteiger partial charge >= 0.3 is 0 Å². The van der Waals surface area contributed by atoms with Crippen molar-refractivity contribution < 1.29 is 5.11 Å². The average Bonchev–Trinajstić information content (AvgIpc) is 2.44. The van der Waals surface area contributed by atoms with Gasteiger partial charge in [0.05, 0.1) is 5.69 Å². The first kappa shape index (κ1) is 12.7. The maximum absolute atomic E-state index is 9.97. The lowest BCUT2D eigenvalue weighted by Crippen LogP contribution is -2.32. The van der Waals surface area contributed by atoms with Gasteiger partial charge in [0.2, 0.25) is 0 Å². The van der Waals surface area contributed by atoms with Gasteiger partial charge in [-0.1, -0.05) is 30.3 Å². The zero-order chi connectivity index (χ0) is 13.8. The number of aromatic hydroxyl groups is 1. The Morgan fingerprint density at radius 1 is 1.16 bits per heavy atom. The number of rotatable bonds is 2. The summed E-state index contributed by atoms with van der Waals surface area (Å²) >= 11 is 0. The fraction of sp³-hybridized carbons (Fsp3) is 0. The van der Waals surface area contributed by atoms with Crippen LogP contribution in [0, 0.1) is 0 Å². The van der Waals surface area contributed by atoms with Crippen molar-refractivity contribution in [1.29, 1.82) is 0 Å². The standard InChI is InChI=1S/C13H15N5O/c14-11-6-2-5-10(12(11)19)8-3-1-4-9(7-8)13(17-15)18-16/h1-7,19H,14-16H2,(H,17,18). The van der Waals surface area contributed by atoms with E-state index in [9.17, 15) is 5.11 Å². The number of anilines is 1. The van der Waals surface area contributed by atoms with Crippen LogP contribution in [0.5, 0.6) is 5.75 Å². The van der Waals surface area contributed by atoms with Crippen molar-refractivity contribution in [2.75, 3.05) is 5.73 Å². The second-order valence-corrected chi connectivity index (χ2v) is 3.95. The zero-order valence-electron chi connectivity index (χ0n) is 10.2. The van der Waals surface area contributed by atoms with Gasteiger partial charge in [0, 0.05) is 11.1 Å². The SMILES string of the molecule is N/N=C(\NN)c1cccc(-c2cccc(N)c2O)c1. The maximum Gasteiger partial charge on any atom is 0.166 e. The zero-order valence-corrected chi connectivity index (χ0v) is 10.2. The number of nitrogen functional groups attached to an aromatic ring is 1. The van der Waals surface area contributed by atoms with E-state index < -0.39 is 0 Å². The predicted octanol–water partition coefficient (Wildman–Crippen LogP) is 0.725. The minimum atomic E-state index is 0.0478. The molecule has 6 heteroatoms. The lowest BCUT2D eigenvalue weighted by molar-refractivity contribution is 0.480. The highest BCUT2D eigenvalue weighted by Gasteiger charge is 2.09. The van der Waals surface area contributed by atoms with E-state index in [-0.39, 0.29) is 5.75 Å². The summed E-state index contributed by atoms with van der Waals surface area (Å²) in [6.45, 7) is 0. The molecule has 0 aliphatic heterocycles. The van der Waals surface area contributed by atoms with Gasteiger partial charge in [-0.2, -0.15) is 5.10 Å². The van der Waals surface area contributed by atoms with Crippen LogP contribution in [-0.4, -0.2) is 10.9 Å². The Labute approximate surface area is 110 Å². The van der Waals surface area contributed by atoms with Gasteiger partial charge in [0.25, 0.3) is 0 Å². The topological polar surface area (TPSA) is 123 Å². The van der Waals surface area contributed by atoms with E-state index >= 15 is 0 Å². The molecular weight excluding hydrogens is 242 g/mol. The summed E-state index contributed by atoms with van der Waals surface area (Å²) in [6.07, 6.45) is 0. The number of hydrogen-bond acceptors (Lipinski definition) is 5. The van der Waals surface area contributed by atoms with Crippen LogP contribution in [0.4, 0.5) is 5.69 Å². The smallest absolute Gasteiger partial charge is 0.166 e. The molecule has 0 unspecified atom stereocenters. The minimum absolute atomic E-state index is 0.0478. The number of nitrogens with zero attached hydrogens (tertiary/aromatic N) is 1. The minimum Gasteiger partial charge on any atom is -0.505 e. The van der Waals surface area contributed by atoms with E-state index in [1.807, 2.05) is 12.1 Å². The number of hydrazine groups is 1. The van der Waals surface area contributed by atoms with Crippen molar-refractivity contribution >= 4 is 11.5 Å². The van der Waals surface area contributed by atoms with Crippen molar-refractivity contribution in [2.45, 2.75) is 0 Å². The molecular formula is C13H15N5O. The number of nitrogens with two attached hydrogens (primary N) is 3. The molecule has 0 amide bonds. The second-order valence-electron chi connectivity index (χ2n) is 3.95. The summed E-state index contributed by atoms with van der Waals surface area (Å²) in [6, 6.07) is 12.5. The van der Waals surface area contributed by atoms with Crippen molar-refractivity contribution in [1.82, 2.24) is 5.43 Å². The van der Waals surface area contributed by atoms with Crippen LogP contribution in [-0.2, 0) is 0 Å². The van der Waals surface area contributed by atoms with Crippen LogP contribution >= 0.6 is 0 Å². The van der Waals surface area contributed by atoms with Gasteiger partial charge in [0.1, 0.15) is 5.75 Å². The van der Waals surface area contributed by atoms with Crippen molar-refractivity contribution in [3.8, 4) is 16.9 Å². The predicted molar refractivity (Wildman–Crippen MR) is 76.0 cm³/mol. The fourth-order valence-corrected chi connectivity index (χ4v) is 1.82. The number of hydrazone groups is 1. The van der Waals surface area contributed by atoms with Crippen LogP contribution in [0.2, 0.25) is 0 Å². The van der Waals surface area contributed by atoms with Crippen molar-refractivity contribution in [3.05, 3.63) is 48.0 Å². The van der Waals surface area contributed by atoms with E-state index in [2.05, 4.69) is 10.5 Å². The summed E-state index contributed by atoms with van der Waals surface area (Å²) in [4.78, 5) is 0. The monoisotopic (exact) mass is 257 g/mol. The molecule has 0 radical (unpaired) electrons. The Morgan fingerprint density at radius 2 is 1.89 bits per heavy atom. The Bertz CT molecular complexity index is 624. The summed E-state index contributed by atoms with van der Waals surface area (Å²) in [5.41, 5.74) is 10.6. The molecule has 0 spiro atoms. The van der Waals surface area contributed by atoms with Crippen molar-refractivity contribution in [2.24, 2.45) is 16.8 Å². The van der Waals surface area contributed by atoms with Crippen LogP contribution in [0.1, 0.15) is 5.56 Å². The summed E-state index contributed by atoms with van der Waals surface area (Å²) in [7, 11) is 0. The molecule has 0 aliphatic rings. The number of hydrogen-bond donors (Lipinski definition) is 5. The molecule has 0 heterocycles. The van der Waals surface area contributed by atoms with Crippen molar-refractivity contribution in [3.63, 3.8) is 0 Å². The summed E-state index contributed by atoms with van der Waals surface area (Å²) < 4.78 is 0. The molecule has 2 rings (SSSR count). The lowest BCUT2D eigenvalue weighted by Gasteiger charge is -2.09. The van der Waals surface area contributed by atoms with Crippen LogP contribution in [0.25, 0.3) is 11.1 Å². The third kappa shape index (κ3) is 2.43. The quantitative estimate of drug-likeness (QED) is 0.135. The number of phenolic OH excluding ortho intramolecular Hbond substituents is 1. The number of nitrogens with one attached hydrogen (secondary N) is 1. The van der Waals surface area contributed by atoms with Gasteiger partial charge in [-0.3, -0.25) is 0 Å². The molecule has 2 aromatic rings. The first-order chi connectivity index (χ1) is 9.17. The second kappa shape index (κ2) is 5.28. The molecule has 19 heavy (non-hydrogen) atoms. The molecule has 2 aromatic carbocycles. The fourth-order valence-electron chi connectivity index (χ4n) is 1.82. The number of para-hydroxylation sites is 1. The van der Waals surface area contributed by atoms with E-state index in [4.69, 9.17) is 17.4 Å².